The first-order chi connectivity index (χ1) is 9.24. The summed E-state index contributed by atoms with van der Waals surface area (Å²) in [6, 6.07) is 13.1. The van der Waals surface area contributed by atoms with E-state index in [1.165, 1.54) is 23.3 Å². The molecule has 0 amide bonds. The zero-order chi connectivity index (χ0) is 13.2. The predicted molar refractivity (Wildman–Crippen MR) is 76.6 cm³/mol. The monoisotopic (exact) mass is 256 g/mol. The number of nitrogens with zero attached hydrogens (tertiary/aromatic N) is 1. The Bertz CT molecular complexity index is 595. The highest BCUT2D eigenvalue weighted by Gasteiger charge is 2.16. The van der Waals surface area contributed by atoms with Gasteiger partial charge < -0.3 is 10.6 Å². The van der Waals surface area contributed by atoms with E-state index in [1.807, 2.05) is 0 Å². The molecule has 1 aliphatic rings. The Labute approximate surface area is 112 Å². The zero-order valence-electron chi connectivity index (χ0n) is 10.8. The molecule has 0 aromatic heterocycles. The standard InChI is InChI=1S/C16H17FN2/c17-14-7-8-16(15(18)10-14)19-9-3-6-12-4-1-2-5-13(12)11-19/h1-2,4-5,7-8,10H,3,6,9,11,18H2. The largest absolute Gasteiger partial charge is 0.397 e. The van der Waals surface area contributed by atoms with Crippen molar-refractivity contribution in [2.24, 2.45) is 0 Å². The van der Waals surface area contributed by atoms with Crippen molar-refractivity contribution in [1.82, 2.24) is 0 Å². The quantitative estimate of drug-likeness (QED) is 0.793. The van der Waals surface area contributed by atoms with Crippen molar-refractivity contribution in [2.45, 2.75) is 19.4 Å². The third kappa shape index (κ3) is 2.41. The number of fused-ring (bicyclic) bond motifs is 1. The molecule has 2 aromatic carbocycles. The van der Waals surface area contributed by atoms with Crippen LogP contribution in [0.1, 0.15) is 17.5 Å². The molecular formula is C16H17FN2. The first kappa shape index (κ1) is 12.0. The summed E-state index contributed by atoms with van der Waals surface area (Å²) < 4.78 is 13.1. The summed E-state index contributed by atoms with van der Waals surface area (Å²) in [5.41, 5.74) is 10.1. The molecule has 0 bridgehead atoms. The molecule has 0 unspecified atom stereocenters. The Balaban J connectivity index is 1.94. The number of halogens is 1. The van der Waals surface area contributed by atoms with E-state index in [0.29, 0.717) is 5.69 Å². The van der Waals surface area contributed by atoms with Crippen molar-refractivity contribution in [2.75, 3.05) is 17.2 Å². The topological polar surface area (TPSA) is 29.3 Å². The number of aryl methyl sites for hydroxylation is 1. The Morgan fingerprint density at radius 3 is 2.63 bits per heavy atom. The van der Waals surface area contributed by atoms with E-state index in [-0.39, 0.29) is 5.82 Å². The number of nitrogens with two attached hydrogens (primary N) is 1. The Kier molecular flexibility index (Phi) is 3.11. The first-order valence-corrected chi connectivity index (χ1v) is 6.61. The van der Waals surface area contributed by atoms with E-state index in [0.717, 1.165) is 31.6 Å². The lowest BCUT2D eigenvalue weighted by Crippen LogP contribution is -2.23. The van der Waals surface area contributed by atoms with Gasteiger partial charge in [-0.25, -0.2) is 4.39 Å². The molecule has 0 radical (unpaired) electrons. The van der Waals surface area contributed by atoms with Crippen LogP contribution in [0.2, 0.25) is 0 Å². The van der Waals surface area contributed by atoms with Crippen LogP contribution < -0.4 is 10.6 Å². The first-order valence-electron chi connectivity index (χ1n) is 6.61. The van der Waals surface area contributed by atoms with Gasteiger partial charge in [0.2, 0.25) is 0 Å². The van der Waals surface area contributed by atoms with Crippen LogP contribution in [0.3, 0.4) is 0 Å². The lowest BCUT2D eigenvalue weighted by atomic mass is 10.0. The lowest BCUT2D eigenvalue weighted by molar-refractivity contribution is 0.628. The molecule has 0 spiro atoms. The van der Waals surface area contributed by atoms with Crippen molar-refractivity contribution in [3.63, 3.8) is 0 Å². The molecule has 0 aliphatic carbocycles. The molecule has 0 saturated carbocycles. The van der Waals surface area contributed by atoms with Gasteiger partial charge in [-0.05, 0) is 42.2 Å². The molecule has 2 nitrogen and oxygen atoms in total. The average Bonchev–Trinajstić information content (AvgIpc) is 2.60. The fraction of sp³-hybridized carbons (Fsp3) is 0.250. The van der Waals surface area contributed by atoms with Crippen molar-refractivity contribution < 1.29 is 4.39 Å². The fourth-order valence-electron chi connectivity index (χ4n) is 2.72. The molecule has 1 aliphatic heterocycles. The third-order valence-electron chi connectivity index (χ3n) is 3.68. The van der Waals surface area contributed by atoms with Crippen LogP contribution in [0.15, 0.2) is 42.5 Å². The van der Waals surface area contributed by atoms with Crippen molar-refractivity contribution in [1.29, 1.82) is 0 Å². The van der Waals surface area contributed by atoms with Crippen LogP contribution >= 0.6 is 0 Å². The molecule has 0 saturated heterocycles. The maximum Gasteiger partial charge on any atom is 0.125 e. The lowest BCUT2D eigenvalue weighted by Gasteiger charge is -2.24. The highest BCUT2D eigenvalue weighted by Crippen LogP contribution is 2.28. The summed E-state index contributed by atoms with van der Waals surface area (Å²) in [6.07, 6.45) is 2.18. The molecule has 1 heterocycles. The van der Waals surface area contributed by atoms with Crippen LogP contribution in [0, 0.1) is 5.82 Å². The van der Waals surface area contributed by atoms with Gasteiger partial charge in [0, 0.05) is 13.1 Å². The Morgan fingerprint density at radius 2 is 1.84 bits per heavy atom. The summed E-state index contributed by atoms with van der Waals surface area (Å²) in [6.45, 7) is 1.79. The van der Waals surface area contributed by atoms with E-state index < -0.39 is 0 Å². The van der Waals surface area contributed by atoms with Gasteiger partial charge >= 0.3 is 0 Å². The van der Waals surface area contributed by atoms with Gasteiger partial charge in [0.1, 0.15) is 5.82 Å². The van der Waals surface area contributed by atoms with Gasteiger partial charge in [-0.1, -0.05) is 24.3 Å². The molecule has 3 rings (SSSR count). The minimum absolute atomic E-state index is 0.281. The molecule has 2 N–H and O–H groups in total. The second kappa shape index (κ2) is 4.92. The van der Waals surface area contributed by atoms with Gasteiger partial charge in [-0.3, -0.25) is 0 Å². The average molecular weight is 256 g/mol. The Hall–Kier alpha value is -2.03. The molecule has 2 aromatic rings. The highest BCUT2D eigenvalue weighted by molar-refractivity contribution is 5.67. The molecule has 0 atom stereocenters. The number of benzene rings is 2. The van der Waals surface area contributed by atoms with Gasteiger partial charge in [0.25, 0.3) is 0 Å². The van der Waals surface area contributed by atoms with E-state index in [4.69, 9.17) is 5.73 Å². The van der Waals surface area contributed by atoms with Gasteiger partial charge in [0.15, 0.2) is 0 Å². The van der Waals surface area contributed by atoms with E-state index in [1.54, 1.807) is 6.07 Å². The van der Waals surface area contributed by atoms with Crippen LogP contribution in [0.25, 0.3) is 0 Å². The SMILES string of the molecule is Nc1cc(F)ccc1N1CCCc2ccccc2C1. The predicted octanol–water partition coefficient (Wildman–Crippen LogP) is 3.36. The van der Waals surface area contributed by atoms with Crippen molar-refractivity contribution in [3.05, 3.63) is 59.4 Å². The van der Waals surface area contributed by atoms with Crippen molar-refractivity contribution >= 4 is 11.4 Å². The zero-order valence-corrected chi connectivity index (χ0v) is 10.8. The van der Waals surface area contributed by atoms with Crippen molar-refractivity contribution in [3.8, 4) is 0 Å². The van der Waals surface area contributed by atoms with E-state index in [9.17, 15) is 4.39 Å². The van der Waals surface area contributed by atoms with E-state index >= 15 is 0 Å². The summed E-state index contributed by atoms with van der Waals surface area (Å²) in [5, 5.41) is 0. The molecule has 3 heteroatoms. The summed E-state index contributed by atoms with van der Waals surface area (Å²) in [4.78, 5) is 2.24. The molecule has 98 valence electrons. The van der Waals surface area contributed by atoms with Crippen LogP contribution in [-0.4, -0.2) is 6.54 Å². The summed E-state index contributed by atoms with van der Waals surface area (Å²) >= 11 is 0. The number of hydrogen-bond donors (Lipinski definition) is 1. The maximum absolute atomic E-state index is 13.1. The summed E-state index contributed by atoms with van der Waals surface area (Å²) in [5.74, 6) is -0.281. The van der Waals surface area contributed by atoms with Gasteiger partial charge in [0.05, 0.1) is 11.4 Å². The molecule has 19 heavy (non-hydrogen) atoms. The second-order valence-corrected chi connectivity index (χ2v) is 5.00. The van der Waals surface area contributed by atoms with Gasteiger partial charge in [-0.2, -0.15) is 0 Å². The highest BCUT2D eigenvalue weighted by atomic mass is 19.1. The third-order valence-corrected chi connectivity index (χ3v) is 3.68. The summed E-state index contributed by atoms with van der Waals surface area (Å²) in [7, 11) is 0. The minimum Gasteiger partial charge on any atom is -0.397 e. The number of hydrogen-bond acceptors (Lipinski definition) is 2. The number of rotatable bonds is 1. The minimum atomic E-state index is -0.281. The Morgan fingerprint density at radius 1 is 1.05 bits per heavy atom. The molecule has 0 fully saturated rings. The number of nitrogen functional groups attached to an aromatic ring is 1. The maximum atomic E-state index is 13.1. The smallest absolute Gasteiger partial charge is 0.125 e. The number of anilines is 2. The molecular weight excluding hydrogens is 239 g/mol. The second-order valence-electron chi connectivity index (χ2n) is 5.00. The normalized spacial score (nSPS) is 14.9. The fourth-order valence-corrected chi connectivity index (χ4v) is 2.72. The van der Waals surface area contributed by atoms with E-state index in [2.05, 4.69) is 29.2 Å². The van der Waals surface area contributed by atoms with Crippen LogP contribution in [-0.2, 0) is 13.0 Å². The van der Waals surface area contributed by atoms with Crippen LogP contribution in [0.5, 0.6) is 0 Å². The van der Waals surface area contributed by atoms with Gasteiger partial charge in [-0.15, -0.1) is 0 Å². The van der Waals surface area contributed by atoms with Crippen LogP contribution in [0.4, 0.5) is 15.8 Å².